The zero-order valence-electron chi connectivity index (χ0n) is 15.2. The number of halogens is 3. The van der Waals surface area contributed by atoms with E-state index in [1.54, 1.807) is 10.6 Å². The smallest absolute Gasteiger partial charge is 0.324 e. The molecule has 2 aromatic heterocycles. The predicted octanol–water partition coefficient (Wildman–Crippen LogP) is 4.90. The number of rotatable bonds is 5. The van der Waals surface area contributed by atoms with Gasteiger partial charge in [0.25, 0.3) is 0 Å². The Kier molecular flexibility index (Phi) is 4.89. The molecular formula is C19H15ClF2N6O. The zero-order valence-corrected chi connectivity index (χ0v) is 15.9. The van der Waals surface area contributed by atoms with Crippen molar-refractivity contribution >= 4 is 40.1 Å². The molecule has 148 valence electrons. The third kappa shape index (κ3) is 3.64. The van der Waals surface area contributed by atoms with Crippen molar-refractivity contribution in [3.63, 3.8) is 0 Å². The molecule has 10 heteroatoms. The molecule has 0 bridgehead atoms. The van der Waals surface area contributed by atoms with Gasteiger partial charge in [0.15, 0.2) is 17.3 Å². The zero-order chi connectivity index (χ0) is 20.5. The fourth-order valence-corrected chi connectivity index (χ4v) is 2.98. The van der Waals surface area contributed by atoms with E-state index in [2.05, 4.69) is 20.3 Å². The van der Waals surface area contributed by atoms with Crippen LogP contribution in [0.1, 0.15) is 6.92 Å². The highest BCUT2D eigenvalue weighted by atomic mass is 35.5. The number of nitrogens with one attached hydrogen (secondary N) is 1. The van der Waals surface area contributed by atoms with Crippen LogP contribution in [0.25, 0.3) is 11.2 Å². The Morgan fingerprint density at radius 1 is 1.17 bits per heavy atom. The molecule has 0 aliphatic heterocycles. The minimum absolute atomic E-state index is 0.0527. The molecule has 3 N–H and O–H groups in total. The van der Waals surface area contributed by atoms with Crippen LogP contribution in [0, 0.1) is 11.6 Å². The Bertz CT molecular complexity index is 1190. The normalized spacial score (nSPS) is 11.0. The van der Waals surface area contributed by atoms with Crippen molar-refractivity contribution in [3.8, 4) is 11.8 Å². The SMILES string of the molecule is CCn1c(Nc2ccccc2Cl)nc2cnc(Oc3c(F)cc(N)cc3F)nc21. The molecule has 0 saturated carbocycles. The van der Waals surface area contributed by atoms with Crippen LogP contribution in [-0.4, -0.2) is 19.5 Å². The molecule has 0 aliphatic rings. The Hall–Kier alpha value is -3.46. The number of nitrogen functional groups attached to an aromatic ring is 1. The molecule has 2 aromatic carbocycles. The highest BCUT2D eigenvalue weighted by Gasteiger charge is 2.17. The lowest BCUT2D eigenvalue weighted by Crippen LogP contribution is -2.04. The lowest BCUT2D eigenvalue weighted by Gasteiger charge is -2.10. The van der Waals surface area contributed by atoms with Crippen molar-refractivity contribution in [2.75, 3.05) is 11.1 Å². The predicted molar refractivity (Wildman–Crippen MR) is 107 cm³/mol. The summed E-state index contributed by atoms with van der Waals surface area (Å²) in [6.45, 7) is 2.42. The average molecular weight is 417 g/mol. The molecule has 0 atom stereocenters. The number of benzene rings is 2. The van der Waals surface area contributed by atoms with Gasteiger partial charge in [-0.25, -0.2) is 18.7 Å². The van der Waals surface area contributed by atoms with Gasteiger partial charge in [0, 0.05) is 24.4 Å². The van der Waals surface area contributed by atoms with Crippen molar-refractivity contribution in [1.29, 1.82) is 0 Å². The number of aromatic nitrogens is 4. The number of aryl methyl sites for hydroxylation is 1. The van der Waals surface area contributed by atoms with Gasteiger partial charge in [-0.05, 0) is 19.1 Å². The van der Waals surface area contributed by atoms with Crippen LogP contribution in [0.3, 0.4) is 0 Å². The van der Waals surface area contributed by atoms with Gasteiger partial charge in [0.2, 0.25) is 11.7 Å². The van der Waals surface area contributed by atoms with E-state index >= 15 is 0 Å². The molecule has 0 spiro atoms. The molecule has 0 amide bonds. The first-order valence-electron chi connectivity index (χ1n) is 8.63. The quantitative estimate of drug-likeness (QED) is 0.450. The second-order valence-corrected chi connectivity index (χ2v) is 6.47. The Morgan fingerprint density at radius 2 is 1.90 bits per heavy atom. The van der Waals surface area contributed by atoms with E-state index in [9.17, 15) is 8.78 Å². The summed E-state index contributed by atoms with van der Waals surface area (Å²) in [6, 6.07) is 8.92. The summed E-state index contributed by atoms with van der Waals surface area (Å²) in [5, 5.41) is 3.69. The average Bonchev–Trinajstić information content (AvgIpc) is 3.02. The maximum absolute atomic E-state index is 14.0. The minimum atomic E-state index is -0.948. The molecule has 0 fully saturated rings. The number of imidazole rings is 1. The lowest BCUT2D eigenvalue weighted by molar-refractivity contribution is 0.383. The molecule has 7 nitrogen and oxygen atoms in total. The van der Waals surface area contributed by atoms with Crippen molar-refractivity contribution in [1.82, 2.24) is 19.5 Å². The van der Waals surface area contributed by atoms with Crippen molar-refractivity contribution in [2.24, 2.45) is 0 Å². The maximum Gasteiger partial charge on any atom is 0.324 e. The number of nitrogens with two attached hydrogens (primary N) is 1. The standard InChI is InChI=1S/C19H15ClF2N6O/c1-2-28-17-15(26-18(28)25-14-6-4-3-5-11(14)20)9-24-19(27-17)29-16-12(21)7-10(23)8-13(16)22/h3-9H,2,23H2,1H3,(H,25,26). The van der Waals surface area contributed by atoms with Crippen LogP contribution < -0.4 is 15.8 Å². The number of fused-ring (bicyclic) bond motifs is 1. The molecule has 4 aromatic rings. The Labute approximate surface area is 169 Å². The van der Waals surface area contributed by atoms with E-state index in [1.165, 1.54) is 6.20 Å². The maximum atomic E-state index is 14.0. The summed E-state index contributed by atoms with van der Waals surface area (Å²) < 4.78 is 35.0. The number of hydrogen-bond acceptors (Lipinski definition) is 6. The first-order valence-corrected chi connectivity index (χ1v) is 9.01. The van der Waals surface area contributed by atoms with Gasteiger partial charge >= 0.3 is 6.01 Å². The van der Waals surface area contributed by atoms with Gasteiger partial charge in [-0.15, -0.1) is 0 Å². The number of para-hydroxylation sites is 1. The Morgan fingerprint density at radius 3 is 2.59 bits per heavy atom. The molecule has 4 rings (SSSR count). The van der Waals surface area contributed by atoms with Crippen LogP contribution >= 0.6 is 11.6 Å². The fourth-order valence-electron chi connectivity index (χ4n) is 2.80. The number of ether oxygens (including phenoxy) is 1. The number of anilines is 3. The van der Waals surface area contributed by atoms with E-state index in [0.29, 0.717) is 34.4 Å². The van der Waals surface area contributed by atoms with Crippen LogP contribution in [-0.2, 0) is 6.54 Å². The number of nitrogens with zero attached hydrogens (tertiary/aromatic N) is 4. The van der Waals surface area contributed by atoms with Gasteiger partial charge in [-0.3, -0.25) is 4.57 Å². The topological polar surface area (TPSA) is 90.9 Å². The van der Waals surface area contributed by atoms with E-state index in [4.69, 9.17) is 22.1 Å². The fraction of sp³-hybridized carbons (Fsp3) is 0.105. The van der Waals surface area contributed by atoms with Gasteiger partial charge in [-0.2, -0.15) is 4.98 Å². The third-order valence-electron chi connectivity index (χ3n) is 4.12. The molecule has 0 saturated heterocycles. The minimum Gasteiger partial charge on any atom is -0.418 e. The molecule has 2 heterocycles. The van der Waals surface area contributed by atoms with Gasteiger partial charge in [-0.1, -0.05) is 23.7 Å². The summed E-state index contributed by atoms with van der Waals surface area (Å²) >= 11 is 6.20. The molecule has 29 heavy (non-hydrogen) atoms. The van der Waals surface area contributed by atoms with E-state index < -0.39 is 17.4 Å². The first-order chi connectivity index (χ1) is 14.0. The largest absolute Gasteiger partial charge is 0.418 e. The first kappa shape index (κ1) is 18.9. The second kappa shape index (κ2) is 7.51. The summed E-state index contributed by atoms with van der Waals surface area (Å²) in [4.78, 5) is 12.7. The highest BCUT2D eigenvalue weighted by Crippen LogP contribution is 2.30. The highest BCUT2D eigenvalue weighted by molar-refractivity contribution is 6.33. The van der Waals surface area contributed by atoms with Crippen LogP contribution in [0.4, 0.5) is 26.1 Å². The molecule has 0 aliphatic carbocycles. The summed E-state index contributed by atoms with van der Waals surface area (Å²) in [7, 11) is 0. The third-order valence-corrected chi connectivity index (χ3v) is 4.45. The van der Waals surface area contributed by atoms with E-state index in [0.717, 1.165) is 12.1 Å². The van der Waals surface area contributed by atoms with Crippen molar-refractivity contribution in [3.05, 3.63) is 59.3 Å². The molecular weight excluding hydrogens is 402 g/mol. The second-order valence-electron chi connectivity index (χ2n) is 6.06. The van der Waals surface area contributed by atoms with Crippen molar-refractivity contribution < 1.29 is 13.5 Å². The van der Waals surface area contributed by atoms with E-state index in [1.807, 2.05) is 25.1 Å². The van der Waals surface area contributed by atoms with Gasteiger partial charge in [0.1, 0.15) is 5.52 Å². The Balaban J connectivity index is 1.72. The summed E-state index contributed by atoms with van der Waals surface area (Å²) in [5.74, 6) is -2.03. The van der Waals surface area contributed by atoms with E-state index in [-0.39, 0.29) is 11.7 Å². The number of hydrogen-bond donors (Lipinski definition) is 2. The summed E-state index contributed by atoms with van der Waals surface area (Å²) in [6.07, 6.45) is 1.41. The lowest BCUT2D eigenvalue weighted by atomic mass is 10.3. The molecule has 0 unspecified atom stereocenters. The van der Waals surface area contributed by atoms with Crippen molar-refractivity contribution in [2.45, 2.75) is 13.5 Å². The van der Waals surface area contributed by atoms with Crippen LogP contribution in [0.5, 0.6) is 11.8 Å². The summed E-state index contributed by atoms with van der Waals surface area (Å²) in [5.41, 5.74) is 6.95. The van der Waals surface area contributed by atoms with Gasteiger partial charge < -0.3 is 15.8 Å². The van der Waals surface area contributed by atoms with Crippen LogP contribution in [0.15, 0.2) is 42.6 Å². The molecule has 0 radical (unpaired) electrons. The monoisotopic (exact) mass is 416 g/mol. The van der Waals surface area contributed by atoms with Crippen LogP contribution in [0.2, 0.25) is 5.02 Å². The van der Waals surface area contributed by atoms with Gasteiger partial charge in [0.05, 0.1) is 16.9 Å².